The first-order chi connectivity index (χ1) is 6.45. The van der Waals surface area contributed by atoms with Crippen molar-refractivity contribution in [3.8, 4) is 12.1 Å². The van der Waals surface area contributed by atoms with Crippen molar-refractivity contribution in [2.45, 2.75) is 13.8 Å². The van der Waals surface area contributed by atoms with Gasteiger partial charge in [0.25, 0.3) is 0 Å². The van der Waals surface area contributed by atoms with E-state index in [-0.39, 0.29) is 5.03 Å². The Morgan fingerprint density at radius 3 is 2.50 bits per heavy atom. The average molecular weight is 207 g/mol. The highest BCUT2D eigenvalue weighted by atomic mass is 32.1. The Kier molecular flexibility index (Phi) is 2.55. The predicted octanol–water partition coefficient (Wildman–Crippen LogP) is 0.947. The van der Waals surface area contributed by atoms with Gasteiger partial charge in [-0.1, -0.05) is 13.8 Å². The number of rotatable bonds is 0. The molecule has 72 valence electrons. The molecule has 0 bridgehead atoms. The molecule has 0 aromatic rings. The number of nitrogens with one attached hydrogen (secondary N) is 1. The average Bonchev–Trinajstić information content (AvgIpc) is 2.02. The molecule has 0 aromatic heterocycles. The molecule has 1 amide bonds. The van der Waals surface area contributed by atoms with Gasteiger partial charge in [-0.15, -0.1) is 12.6 Å². The minimum Gasteiger partial charge on any atom is -0.319 e. The molecule has 1 aliphatic rings. The lowest BCUT2D eigenvalue weighted by Crippen LogP contribution is -2.44. The SMILES string of the molecule is CC1(C)C(C#N)=C(S)NC(=O)C1C#N. The Bertz CT molecular complexity index is 397. The zero-order valence-corrected chi connectivity index (χ0v) is 8.72. The summed E-state index contributed by atoms with van der Waals surface area (Å²) in [6.45, 7) is 3.38. The highest BCUT2D eigenvalue weighted by Gasteiger charge is 2.43. The number of carbonyl (C=O) groups excluding carboxylic acids is 1. The van der Waals surface area contributed by atoms with Gasteiger partial charge in [0.15, 0.2) is 0 Å². The largest absolute Gasteiger partial charge is 0.319 e. The summed E-state index contributed by atoms with van der Waals surface area (Å²) in [5.74, 6) is -1.24. The molecule has 1 heterocycles. The molecule has 1 rings (SSSR count). The second-order valence-corrected chi connectivity index (χ2v) is 4.06. The van der Waals surface area contributed by atoms with Crippen LogP contribution in [0.15, 0.2) is 10.6 Å². The Morgan fingerprint density at radius 2 is 2.07 bits per heavy atom. The molecule has 0 fully saturated rings. The van der Waals surface area contributed by atoms with Gasteiger partial charge in [0.1, 0.15) is 5.92 Å². The van der Waals surface area contributed by atoms with Crippen LogP contribution in [0.4, 0.5) is 0 Å². The van der Waals surface area contributed by atoms with Crippen LogP contribution in [0.5, 0.6) is 0 Å². The van der Waals surface area contributed by atoms with Gasteiger partial charge in [0, 0.05) is 5.41 Å². The minimum atomic E-state index is -0.840. The van der Waals surface area contributed by atoms with Gasteiger partial charge in [-0.25, -0.2) is 0 Å². The highest BCUT2D eigenvalue weighted by molar-refractivity contribution is 7.84. The van der Waals surface area contributed by atoms with E-state index in [1.807, 2.05) is 12.1 Å². The zero-order chi connectivity index (χ0) is 10.9. The third kappa shape index (κ3) is 1.36. The van der Waals surface area contributed by atoms with Crippen molar-refractivity contribution in [2.24, 2.45) is 11.3 Å². The number of carbonyl (C=O) groups is 1. The highest BCUT2D eigenvalue weighted by Crippen LogP contribution is 2.39. The van der Waals surface area contributed by atoms with Crippen molar-refractivity contribution >= 4 is 18.5 Å². The van der Waals surface area contributed by atoms with E-state index < -0.39 is 17.2 Å². The fourth-order valence-electron chi connectivity index (χ4n) is 1.45. The van der Waals surface area contributed by atoms with E-state index in [9.17, 15) is 4.79 Å². The molecular weight excluding hydrogens is 198 g/mol. The topological polar surface area (TPSA) is 76.7 Å². The maximum absolute atomic E-state index is 11.4. The molecule has 4 nitrogen and oxygen atoms in total. The van der Waals surface area contributed by atoms with Crippen molar-refractivity contribution in [3.05, 3.63) is 10.6 Å². The molecular formula is C9H9N3OS. The predicted molar refractivity (Wildman–Crippen MR) is 52.7 cm³/mol. The number of hydrogen-bond donors (Lipinski definition) is 2. The Labute approximate surface area is 87.6 Å². The molecule has 1 N–H and O–H groups in total. The maximum Gasteiger partial charge on any atom is 0.243 e. The van der Waals surface area contributed by atoms with Gasteiger partial charge < -0.3 is 5.32 Å². The van der Waals surface area contributed by atoms with Crippen molar-refractivity contribution in [1.29, 1.82) is 10.5 Å². The van der Waals surface area contributed by atoms with E-state index in [0.29, 0.717) is 5.57 Å². The van der Waals surface area contributed by atoms with E-state index in [1.165, 1.54) is 0 Å². The first-order valence-electron chi connectivity index (χ1n) is 3.99. The summed E-state index contributed by atoms with van der Waals surface area (Å²) >= 11 is 4.00. The Balaban J connectivity index is 3.33. The monoisotopic (exact) mass is 207 g/mol. The number of hydrogen-bond acceptors (Lipinski definition) is 4. The lowest BCUT2D eigenvalue weighted by atomic mass is 9.72. The third-order valence-corrected chi connectivity index (χ3v) is 2.68. The summed E-state index contributed by atoms with van der Waals surface area (Å²) in [5, 5.41) is 20.3. The molecule has 0 aromatic carbocycles. The summed E-state index contributed by atoms with van der Waals surface area (Å²) in [6.07, 6.45) is 0. The molecule has 0 saturated heterocycles. The van der Waals surface area contributed by atoms with E-state index >= 15 is 0 Å². The summed E-state index contributed by atoms with van der Waals surface area (Å²) in [7, 11) is 0. The third-order valence-electron chi connectivity index (χ3n) is 2.35. The zero-order valence-electron chi connectivity index (χ0n) is 7.83. The van der Waals surface area contributed by atoms with Crippen LogP contribution in [-0.2, 0) is 4.79 Å². The minimum absolute atomic E-state index is 0.244. The van der Waals surface area contributed by atoms with E-state index in [2.05, 4.69) is 17.9 Å². The lowest BCUT2D eigenvalue weighted by Gasteiger charge is -2.33. The van der Waals surface area contributed by atoms with Crippen molar-refractivity contribution < 1.29 is 4.79 Å². The molecule has 1 atom stereocenters. The molecule has 5 heteroatoms. The van der Waals surface area contributed by atoms with Gasteiger partial charge in [-0.3, -0.25) is 4.79 Å². The summed E-state index contributed by atoms with van der Waals surface area (Å²) in [4.78, 5) is 11.4. The Hall–Kier alpha value is -1.46. The van der Waals surface area contributed by atoms with Crippen LogP contribution >= 0.6 is 12.6 Å². The van der Waals surface area contributed by atoms with Crippen molar-refractivity contribution in [1.82, 2.24) is 5.32 Å². The molecule has 1 unspecified atom stereocenters. The fraction of sp³-hybridized carbons (Fsp3) is 0.444. The van der Waals surface area contributed by atoms with Crippen LogP contribution < -0.4 is 5.32 Å². The number of allylic oxidation sites excluding steroid dienone is 1. The van der Waals surface area contributed by atoms with Crippen LogP contribution in [0.25, 0.3) is 0 Å². The first-order valence-corrected chi connectivity index (χ1v) is 4.44. The van der Waals surface area contributed by atoms with Gasteiger partial charge in [-0.05, 0) is 0 Å². The molecule has 1 aliphatic heterocycles. The van der Waals surface area contributed by atoms with Crippen LogP contribution in [-0.4, -0.2) is 5.91 Å². The van der Waals surface area contributed by atoms with Gasteiger partial charge in [-0.2, -0.15) is 10.5 Å². The maximum atomic E-state index is 11.4. The second-order valence-electron chi connectivity index (χ2n) is 3.61. The quantitative estimate of drug-likeness (QED) is 0.580. The smallest absolute Gasteiger partial charge is 0.243 e. The van der Waals surface area contributed by atoms with Crippen LogP contribution in [0, 0.1) is 34.0 Å². The first kappa shape index (κ1) is 10.6. The summed E-state index contributed by atoms with van der Waals surface area (Å²) < 4.78 is 0. The van der Waals surface area contributed by atoms with Crippen molar-refractivity contribution in [2.75, 3.05) is 0 Å². The number of nitriles is 2. The standard InChI is InChI=1S/C9H9N3OS/c1-9(2)5(3-10)7(13)12-8(14)6(9)4-11/h5,14H,1-2H3,(H,12,13). The van der Waals surface area contributed by atoms with Crippen molar-refractivity contribution in [3.63, 3.8) is 0 Å². The fourth-order valence-corrected chi connectivity index (χ4v) is 1.89. The molecule has 0 radical (unpaired) electrons. The van der Waals surface area contributed by atoms with E-state index in [0.717, 1.165) is 0 Å². The van der Waals surface area contributed by atoms with Crippen LogP contribution in [0.2, 0.25) is 0 Å². The Morgan fingerprint density at radius 1 is 1.50 bits per heavy atom. The van der Waals surface area contributed by atoms with Gasteiger partial charge >= 0.3 is 0 Å². The van der Waals surface area contributed by atoms with Gasteiger partial charge in [0.2, 0.25) is 5.91 Å². The summed E-state index contributed by atoms with van der Waals surface area (Å²) in [6, 6.07) is 3.86. The van der Waals surface area contributed by atoms with Crippen LogP contribution in [0.3, 0.4) is 0 Å². The van der Waals surface area contributed by atoms with E-state index in [1.54, 1.807) is 13.8 Å². The van der Waals surface area contributed by atoms with Gasteiger partial charge in [0.05, 0.1) is 22.7 Å². The summed E-state index contributed by atoms with van der Waals surface area (Å²) in [5.41, 5.74) is -0.435. The second kappa shape index (κ2) is 3.36. The van der Waals surface area contributed by atoms with Crippen LogP contribution in [0.1, 0.15) is 13.8 Å². The molecule has 0 spiro atoms. The lowest BCUT2D eigenvalue weighted by molar-refractivity contribution is -0.125. The number of nitrogens with zero attached hydrogens (tertiary/aromatic N) is 2. The number of thiol groups is 1. The van der Waals surface area contributed by atoms with E-state index in [4.69, 9.17) is 10.5 Å². The molecule has 14 heavy (non-hydrogen) atoms. The number of amides is 1. The molecule has 0 aliphatic carbocycles. The normalized spacial score (nSPS) is 24.9. The molecule has 0 saturated carbocycles.